The zero-order valence-corrected chi connectivity index (χ0v) is 18.2. The second kappa shape index (κ2) is 8.90. The molecular weight excluding hydrogens is 451 g/mol. The first-order chi connectivity index (χ1) is 14.9. The van der Waals surface area contributed by atoms with Crippen molar-refractivity contribution in [3.63, 3.8) is 0 Å². The number of rotatable bonds is 2. The highest BCUT2D eigenvalue weighted by Crippen LogP contribution is 2.34. The summed E-state index contributed by atoms with van der Waals surface area (Å²) < 4.78 is 31.7. The van der Waals surface area contributed by atoms with Crippen molar-refractivity contribution in [1.29, 1.82) is 0 Å². The molecule has 0 radical (unpaired) electrons. The predicted octanol–water partition coefficient (Wildman–Crippen LogP) is 1.98. The number of aromatic amines is 1. The Balaban J connectivity index is 0.000000360. The van der Waals surface area contributed by atoms with Crippen LogP contribution in [0.15, 0.2) is 22.9 Å². The SMILES string of the molecule is Cc1cc(C(=O)N2CCC3(C2)CN(c2ccsc2)C(=O)CN3C)n[nH]1.O=C(O)C(F)(F)F. The average Bonchev–Trinajstić information content (AvgIpc) is 3.46. The number of halogens is 3. The molecule has 13 heteroatoms. The minimum Gasteiger partial charge on any atom is -0.475 e. The van der Waals surface area contributed by atoms with Gasteiger partial charge in [0.1, 0.15) is 5.69 Å². The molecule has 0 aliphatic carbocycles. The van der Waals surface area contributed by atoms with Crippen LogP contribution in [0, 0.1) is 6.92 Å². The number of nitrogens with zero attached hydrogens (tertiary/aromatic N) is 4. The maximum atomic E-state index is 12.7. The van der Waals surface area contributed by atoms with E-state index in [0.717, 1.165) is 17.8 Å². The van der Waals surface area contributed by atoms with Crippen LogP contribution in [0.3, 0.4) is 0 Å². The van der Waals surface area contributed by atoms with E-state index in [0.29, 0.717) is 31.9 Å². The molecule has 2 aliphatic rings. The van der Waals surface area contributed by atoms with Gasteiger partial charge in [-0.3, -0.25) is 19.6 Å². The number of aryl methyl sites for hydroxylation is 1. The number of hydrogen-bond acceptors (Lipinski definition) is 6. The number of aromatic nitrogens is 2. The highest BCUT2D eigenvalue weighted by Gasteiger charge is 2.49. The molecule has 9 nitrogen and oxygen atoms in total. The van der Waals surface area contributed by atoms with E-state index in [1.54, 1.807) is 17.4 Å². The lowest BCUT2D eigenvalue weighted by molar-refractivity contribution is -0.192. The molecule has 2 aromatic heterocycles. The van der Waals surface area contributed by atoms with Crippen LogP contribution in [0.25, 0.3) is 0 Å². The molecule has 1 atom stereocenters. The van der Waals surface area contributed by atoms with Crippen LogP contribution in [0.2, 0.25) is 0 Å². The molecule has 174 valence electrons. The highest BCUT2D eigenvalue weighted by atomic mass is 32.1. The fourth-order valence-corrected chi connectivity index (χ4v) is 4.41. The summed E-state index contributed by atoms with van der Waals surface area (Å²) in [5, 5.41) is 18.0. The van der Waals surface area contributed by atoms with E-state index in [2.05, 4.69) is 15.1 Å². The Kier molecular flexibility index (Phi) is 6.60. The number of aliphatic carboxylic acids is 1. The van der Waals surface area contributed by atoms with Crippen molar-refractivity contribution >= 4 is 34.8 Å². The van der Waals surface area contributed by atoms with E-state index in [9.17, 15) is 22.8 Å². The largest absolute Gasteiger partial charge is 0.490 e. The summed E-state index contributed by atoms with van der Waals surface area (Å²) >= 11 is 1.59. The third kappa shape index (κ3) is 4.93. The molecule has 2 aromatic rings. The molecule has 0 bridgehead atoms. The number of amides is 2. The standard InChI is InChI=1S/C17H21N5O2S.C2HF3O2/c1-12-7-14(19-18-12)16(24)21-5-4-17(10-21)11-22(13-3-6-25-9-13)15(23)8-20(17)2;3-2(4,5)1(6)7/h3,6-7,9H,4-5,8,10-11H2,1-2H3,(H,18,19);(H,6,7). The van der Waals surface area contributed by atoms with Crippen molar-refractivity contribution < 1.29 is 32.7 Å². The minimum absolute atomic E-state index is 0.0476. The van der Waals surface area contributed by atoms with E-state index in [4.69, 9.17) is 9.90 Å². The average molecular weight is 473 g/mol. The third-order valence-electron chi connectivity index (χ3n) is 5.54. The number of carboxylic acids is 1. The minimum atomic E-state index is -5.08. The first-order valence-electron chi connectivity index (χ1n) is 9.58. The van der Waals surface area contributed by atoms with Crippen molar-refractivity contribution in [1.82, 2.24) is 20.0 Å². The van der Waals surface area contributed by atoms with Gasteiger partial charge in [0.25, 0.3) is 5.91 Å². The monoisotopic (exact) mass is 473 g/mol. The molecule has 1 spiro atoms. The van der Waals surface area contributed by atoms with Gasteiger partial charge in [-0.05, 0) is 37.9 Å². The molecule has 2 N–H and O–H groups in total. The number of carbonyl (C=O) groups excluding carboxylic acids is 2. The van der Waals surface area contributed by atoms with Gasteiger partial charge in [-0.15, -0.1) is 0 Å². The third-order valence-corrected chi connectivity index (χ3v) is 6.21. The quantitative estimate of drug-likeness (QED) is 0.690. The van der Waals surface area contributed by atoms with Crippen LogP contribution >= 0.6 is 11.3 Å². The summed E-state index contributed by atoms with van der Waals surface area (Å²) in [6.45, 7) is 4.17. The van der Waals surface area contributed by atoms with E-state index >= 15 is 0 Å². The van der Waals surface area contributed by atoms with Gasteiger partial charge in [0.05, 0.1) is 17.8 Å². The normalized spacial score (nSPS) is 21.6. The molecule has 32 heavy (non-hydrogen) atoms. The Hall–Kier alpha value is -2.93. The van der Waals surface area contributed by atoms with Gasteiger partial charge < -0.3 is 14.9 Å². The number of hydrogen-bond donors (Lipinski definition) is 2. The summed E-state index contributed by atoms with van der Waals surface area (Å²) in [5.74, 6) is -2.69. The number of carboxylic acid groups (broad SMARTS) is 1. The van der Waals surface area contributed by atoms with Crippen LogP contribution in [0.1, 0.15) is 22.6 Å². The number of thiophene rings is 1. The van der Waals surface area contributed by atoms with E-state index in [1.807, 2.05) is 40.6 Å². The molecule has 2 saturated heterocycles. The molecule has 4 heterocycles. The number of piperazine rings is 1. The van der Waals surface area contributed by atoms with Crippen molar-refractivity contribution in [2.75, 3.05) is 38.1 Å². The first kappa shape index (κ1) is 23.7. The van der Waals surface area contributed by atoms with Crippen LogP contribution in [0.4, 0.5) is 18.9 Å². The Morgan fingerprint density at radius 3 is 2.53 bits per heavy atom. The molecule has 2 amide bonds. The Labute approximate surface area is 185 Å². The van der Waals surface area contributed by atoms with Gasteiger partial charge in [-0.25, -0.2) is 4.79 Å². The van der Waals surface area contributed by atoms with E-state index in [1.165, 1.54) is 0 Å². The predicted molar refractivity (Wildman–Crippen MR) is 110 cm³/mol. The second-order valence-corrected chi connectivity index (χ2v) is 8.54. The zero-order chi connectivity index (χ0) is 23.7. The molecule has 0 saturated carbocycles. The number of nitrogens with one attached hydrogen (secondary N) is 1. The lowest BCUT2D eigenvalue weighted by Gasteiger charge is -2.46. The topological polar surface area (TPSA) is 110 Å². The van der Waals surface area contributed by atoms with Crippen molar-refractivity contribution in [2.45, 2.75) is 25.1 Å². The number of likely N-dealkylation sites (N-methyl/N-ethyl adjacent to an activating group) is 1. The van der Waals surface area contributed by atoms with E-state index in [-0.39, 0.29) is 17.4 Å². The van der Waals surface area contributed by atoms with Gasteiger partial charge in [-0.2, -0.15) is 29.6 Å². The molecule has 1 unspecified atom stereocenters. The lowest BCUT2D eigenvalue weighted by Crippen LogP contribution is -2.64. The summed E-state index contributed by atoms with van der Waals surface area (Å²) in [4.78, 5) is 39.9. The molecule has 4 rings (SSSR count). The van der Waals surface area contributed by atoms with Crippen LogP contribution < -0.4 is 4.90 Å². The first-order valence-corrected chi connectivity index (χ1v) is 10.5. The molecular formula is C19H22F3N5O4S. The number of H-pyrrole nitrogens is 1. The van der Waals surface area contributed by atoms with Crippen molar-refractivity contribution in [2.24, 2.45) is 0 Å². The molecule has 2 fully saturated rings. The van der Waals surface area contributed by atoms with Crippen LogP contribution in [-0.4, -0.2) is 87.8 Å². The number of carbonyl (C=O) groups is 3. The Morgan fingerprint density at radius 2 is 2.00 bits per heavy atom. The maximum absolute atomic E-state index is 12.7. The van der Waals surface area contributed by atoms with Gasteiger partial charge in [0.15, 0.2) is 0 Å². The highest BCUT2D eigenvalue weighted by molar-refractivity contribution is 7.08. The summed E-state index contributed by atoms with van der Waals surface area (Å²) in [7, 11) is 1.98. The summed E-state index contributed by atoms with van der Waals surface area (Å²) in [6, 6.07) is 3.76. The molecule has 2 aliphatic heterocycles. The smallest absolute Gasteiger partial charge is 0.475 e. The van der Waals surface area contributed by atoms with Gasteiger partial charge in [-0.1, -0.05) is 0 Å². The fraction of sp³-hybridized carbons (Fsp3) is 0.474. The lowest BCUT2D eigenvalue weighted by atomic mass is 9.93. The van der Waals surface area contributed by atoms with Crippen LogP contribution in [0.5, 0.6) is 0 Å². The number of likely N-dealkylation sites (tertiary alicyclic amines) is 1. The number of alkyl halides is 3. The van der Waals surface area contributed by atoms with E-state index < -0.39 is 12.1 Å². The van der Waals surface area contributed by atoms with Crippen LogP contribution in [-0.2, 0) is 9.59 Å². The summed E-state index contributed by atoms with van der Waals surface area (Å²) in [5.41, 5.74) is 2.09. The van der Waals surface area contributed by atoms with Gasteiger partial charge in [0.2, 0.25) is 5.91 Å². The maximum Gasteiger partial charge on any atom is 0.490 e. The van der Waals surface area contributed by atoms with Crippen molar-refractivity contribution in [3.05, 3.63) is 34.3 Å². The number of anilines is 1. The van der Waals surface area contributed by atoms with Crippen molar-refractivity contribution in [3.8, 4) is 0 Å². The zero-order valence-electron chi connectivity index (χ0n) is 17.3. The van der Waals surface area contributed by atoms with Gasteiger partial charge >= 0.3 is 12.1 Å². The molecule has 0 aromatic carbocycles. The Bertz CT molecular complexity index is 994. The second-order valence-electron chi connectivity index (χ2n) is 7.76. The van der Waals surface area contributed by atoms with Gasteiger partial charge in [0, 0.05) is 30.7 Å². The Morgan fingerprint density at radius 1 is 1.31 bits per heavy atom. The summed E-state index contributed by atoms with van der Waals surface area (Å²) in [6.07, 6.45) is -4.23. The fourth-order valence-electron chi connectivity index (χ4n) is 3.77.